The molecule has 1 heterocycles. The smallest absolute Gasteiger partial charge is 0.111 e. The zero-order valence-corrected chi connectivity index (χ0v) is 20.6. The number of unbranched alkanes of at least 4 members (excludes halogenated alkanes) is 11. The maximum Gasteiger partial charge on any atom is 0.111 e. The van der Waals surface area contributed by atoms with Crippen LogP contribution in [0.25, 0.3) is 0 Å². The van der Waals surface area contributed by atoms with Gasteiger partial charge < -0.3 is 41.1 Å². The summed E-state index contributed by atoms with van der Waals surface area (Å²) in [7, 11) is 0. The Balaban J connectivity index is 2.12. The van der Waals surface area contributed by atoms with Gasteiger partial charge >= 0.3 is 0 Å². The summed E-state index contributed by atoms with van der Waals surface area (Å²) in [6, 6.07) is -0.704. The minimum atomic E-state index is -1.42. The fourth-order valence-corrected chi connectivity index (χ4v) is 4.60. The first-order valence-electron chi connectivity index (χ1n) is 13.3. The van der Waals surface area contributed by atoms with E-state index in [4.69, 9.17) is 10.5 Å². The van der Waals surface area contributed by atoms with Crippen LogP contribution < -0.4 is 5.73 Å². The summed E-state index contributed by atoms with van der Waals surface area (Å²) in [5.74, 6) is 0. The van der Waals surface area contributed by atoms with Crippen LogP contribution in [0, 0.1) is 0 Å². The van der Waals surface area contributed by atoms with Gasteiger partial charge in [-0.3, -0.25) is 0 Å². The van der Waals surface area contributed by atoms with Crippen LogP contribution in [-0.2, 0) is 4.74 Å². The summed E-state index contributed by atoms with van der Waals surface area (Å²) in [6.07, 6.45) is 7.95. The van der Waals surface area contributed by atoms with E-state index in [0.29, 0.717) is 6.42 Å². The van der Waals surface area contributed by atoms with Gasteiger partial charge in [0.1, 0.15) is 24.4 Å². The summed E-state index contributed by atoms with van der Waals surface area (Å²) in [4.78, 5) is 0. The van der Waals surface area contributed by atoms with E-state index in [2.05, 4.69) is 6.92 Å². The monoisotopic (exact) mass is 477 g/mol. The van der Waals surface area contributed by atoms with E-state index in [1.807, 2.05) is 0 Å². The van der Waals surface area contributed by atoms with Crippen LogP contribution in [0.2, 0.25) is 0 Å². The molecule has 0 saturated carbocycles. The minimum Gasteiger partial charge on any atom is -0.394 e. The van der Waals surface area contributed by atoms with Gasteiger partial charge in [-0.2, -0.15) is 0 Å². The quantitative estimate of drug-likeness (QED) is 0.139. The molecule has 0 aromatic heterocycles. The highest BCUT2D eigenvalue weighted by Crippen LogP contribution is 2.25. The average molecular weight is 478 g/mol. The van der Waals surface area contributed by atoms with Gasteiger partial charge in [-0.25, -0.2) is 0 Å². The molecule has 1 rings (SSSR count). The zero-order chi connectivity index (χ0) is 24.6. The normalized spacial score (nSPS) is 28.5. The van der Waals surface area contributed by atoms with Crippen molar-refractivity contribution in [3.8, 4) is 0 Å². The average Bonchev–Trinajstić information content (AvgIpc) is 2.82. The van der Waals surface area contributed by atoms with E-state index in [1.165, 1.54) is 57.8 Å². The third kappa shape index (κ3) is 11.8. The van der Waals surface area contributed by atoms with E-state index in [1.54, 1.807) is 0 Å². The van der Waals surface area contributed by atoms with Crippen LogP contribution in [0.15, 0.2) is 0 Å². The van der Waals surface area contributed by atoms with Crippen LogP contribution >= 0.6 is 0 Å². The van der Waals surface area contributed by atoms with Gasteiger partial charge in [0.2, 0.25) is 0 Å². The molecular formula is C25H51NO7. The minimum absolute atomic E-state index is 0.227. The van der Waals surface area contributed by atoms with Gasteiger partial charge in [-0.1, -0.05) is 84.0 Å². The number of hydrogen-bond donors (Lipinski definition) is 7. The number of aliphatic hydroxyl groups excluding tert-OH is 6. The van der Waals surface area contributed by atoms with Gasteiger partial charge in [-0.05, 0) is 19.3 Å². The lowest BCUT2D eigenvalue weighted by atomic mass is 9.90. The summed E-state index contributed by atoms with van der Waals surface area (Å²) in [6.45, 7) is 1.76. The standard InChI is InChI=1S/C25H51NO7/c1-2-3-4-5-6-7-8-9-10-11-12-13-14-19(28)22(29)18(26)15-16-20-23(30)25(32)24(31)21(17-27)33-20/h18-25,27-32H,2-17,26H2,1H3/t18-,19+,20?,21?,22-,23?,24-,25?/m0/s1. The van der Waals surface area contributed by atoms with Gasteiger partial charge in [-0.15, -0.1) is 0 Å². The van der Waals surface area contributed by atoms with Crippen LogP contribution in [0.4, 0.5) is 0 Å². The zero-order valence-electron chi connectivity index (χ0n) is 20.6. The first-order chi connectivity index (χ1) is 15.8. The summed E-state index contributed by atoms with van der Waals surface area (Å²) < 4.78 is 5.46. The van der Waals surface area contributed by atoms with Crippen molar-refractivity contribution in [1.82, 2.24) is 0 Å². The van der Waals surface area contributed by atoms with Gasteiger partial charge in [0.15, 0.2) is 0 Å². The number of aliphatic hydroxyl groups is 6. The predicted octanol–water partition coefficient (Wildman–Crippen LogP) is 1.75. The maximum atomic E-state index is 10.3. The molecule has 8 heteroatoms. The molecule has 0 aromatic rings. The molecule has 0 aliphatic carbocycles. The molecule has 8 atom stereocenters. The van der Waals surface area contributed by atoms with Gasteiger partial charge in [0, 0.05) is 6.04 Å². The third-order valence-corrected chi connectivity index (χ3v) is 6.96. The molecule has 1 aliphatic heterocycles. The van der Waals surface area contributed by atoms with E-state index in [9.17, 15) is 30.6 Å². The van der Waals surface area contributed by atoms with Crippen molar-refractivity contribution in [2.24, 2.45) is 5.73 Å². The Kier molecular flexibility index (Phi) is 16.8. The number of hydrogen-bond acceptors (Lipinski definition) is 8. The molecule has 33 heavy (non-hydrogen) atoms. The number of ether oxygens (including phenoxy) is 1. The van der Waals surface area contributed by atoms with E-state index < -0.39 is 55.4 Å². The Hall–Kier alpha value is -0.320. The predicted molar refractivity (Wildman–Crippen MR) is 129 cm³/mol. The van der Waals surface area contributed by atoms with Crippen molar-refractivity contribution >= 4 is 0 Å². The van der Waals surface area contributed by atoms with E-state index in [-0.39, 0.29) is 12.8 Å². The second-order valence-electron chi connectivity index (χ2n) is 9.84. The van der Waals surface area contributed by atoms with Crippen LogP contribution in [0.5, 0.6) is 0 Å². The van der Waals surface area contributed by atoms with E-state index in [0.717, 1.165) is 19.3 Å². The van der Waals surface area contributed by atoms with Crippen LogP contribution in [0.3, 0.4) is 0 Å². The third-order valence-electron chi connectivity index (χ3n) is 6.96. The van der Waals surface area contributed by atoms with Crippen molar-refractivity contribution in [3.05, 3.63) is 0 Å². The van der Waals surface area contributed by atoms with Gasteiger partial charge in [0.25, 0.3) is 0 Å². The molecule has 1 fully saturated rings. The summed E-state index contributed by atoms with van der Waals surface area (Å²) in [5.41, 5.74) is 6.04. The Morgan fingerprint density at radius 3 is 1.70 bits per heavy atom. The molecule has 198 valence electrons. The fraction of sp³-hybridized carbons (Fsp3) is 1.00. The Labute approximate surface area is 200 Å². The van der Waals surface area contributed by atoms with Gasteiger partial charge in [0.05, 0.1) is 24.9 Å². The second kappa shape index (κ2) is 18.0. The molecule has 0 radical (unpaired) electrons. The highest BCUT2D eigenvalue weighted by Gasteiger charge is 2.43. The molecule has 4 unspecified atom stereocenters. The molecule has 1 saturated heterocycles. The van der Waals surface area contributed by atoms with Crippen molar-refractivity contribution < 1.29 is 35.4 Å². The summed E-state index contributed by atoms with van der Waals surface area (Å²) >= 11 is 0. The van der Waals surface area contributed by atoms with E-state index >= 15 is 0 Å². The molecule has 0 spiro atoms. The highest BCUT2D eigenvalue weighted by atomic mass is 16.5. The Morgan fingerprint density at radius 2 is 1.18 bits per heavy atom. The second-order valence-corrected chi connectivity index (χ2v) is 9.84. The summed E-state index contributed by atoms with van der Waals surface area (Å²) in [5, 5.41) is 59.7. The van der Waals surface area contributed by atoms with Crippen LogP contribution in [0.1, 0.15) is 103 Å². The first kappa shape index (κ1) is 30.7. The molecule has 0 amide bonds. The molecule has 0 bridgehead atoms. The molecular weight excluding hydrogens is 426 g/mol. The largest absolute Gasteiger partial charge is 0.394 e. The molecule has 8 nitrogen and oxygen atoms in total. The maximum absolute atomic E-state index is 10.3. The number of nitrogens with two attached hydrogens (primary N) is 1. The highest BCUT2D eigenvalue weighted by molar-refractivity contribution is 4.92. The molecule has 1 aliphatic rings. The first-order valence-corrected chi connectivity index (χ1v) is 13.3. The van der Waals surface area contributed by atoms with Crippen molar-refractivity contribution in [2.45, 2.75) is 152 Å². The van der Waals surface area contributed by atoms with Crippen molar-refractivity contribution in [3.63, 3.8) is 0 Å². The molecule has 8 N–H and O–H groups in total. The SMILES string of the molecule is CCCCCCCCCCCCCC[C@@H](O)[C@@H](O)[C@@H](N)CCC1OC(CO)[C@H](O)C(O)C1O. The van der Waals surface area contributed by atoms with Crippen LogP contribution in [-0.4, -0.2) is 86.0 Å². The van der Waals surface area contributed by atoms with Crippen molar-refractivity contribution in [1.29, 1.82) is 0 Å². The number of rotatable bonds is 19. The lowest BCUT2D eigenvalue weighted by Crippen LogP contribution is -2.58. The van der Waals surface area contributed by atoms with Crippen molar-refractivity contribution in [2.75, 3.05) is 6.61 Å². The topological polar surface area (TPSA) is 157 Å². The lowest BCUT2D eigenvalue weighted by molar-refractivity contribution is -0.230. The Bertz CT molecular complexity index is 468. The Morgan fingerprint density at radius 1 is 0.697 bits per heavy atom. The molecule has 0 aromatic carbocycles. The fourth-order valence-electron chi connectivity index (χ4n) is 4.60. The lowest BCUT2D eigenvalue weighted by Gasteiger charge is -2.40.